The zero-order valence-electron chi connectivity index (χ0n) is 14.8. The zero-order valence-corrected chi connectivity index (χ0v) is 14.8. The zero-order chi connectivity index (χ0) is 19.8. The van der Waals surface area contributed by atoms with Crippen molar-refractivity contribution in [3.8, 4) is 5.88 Å². The first-order chi connectivity index (χ1) is 13.5. The van der Waals surface area contributed by atoms with Gasteiger partial charge >= 0.3 is 0 Å². The maximum atomic E-state index is 12.6. The van der Waals surface area contributed by atoms with Gasteiger partial charge in [-0.1, -0.05) is 24.3 Å². The molecule has 1 aromatic carbocycles. The van der Waals surface area contributed by atoms with E-state index in [1.807, 2.05) is 0 Å². The molecule has 1 fully saturated rings. The van der Waals surface area contributed by atoms with E-state index in [0.717, 1.165) is 0 Å². The van der Waals surface area contributed by atoms with Gasteiger partial charge in [-0.3, -0.25) is 4.57 Å². The van der Waals surface area contributed by atoms with Crippen LogP contribution in [0.2, 0.25) is 0 Å². The first-order valence-electron chi connectivity index (χ1n) is 8.64. The number of rotatable bonds is 5. The third-order valence-electron chi connectivity index (χ3n) is 4.68. The van der Waals surface area contributed by atoms with Crippen molar-refractivity contribution in [3.63, 3.8) is 0 Å². The molecule has 28 heavy (non-hydrogen) atoms. The number of aliphatic hydroxyl groups excluding tert-OH is 2. The molecule has 1 aliphatic heterocycles. The number of ether oxygens (including phenoxy) is 2. The molecule has 8 nitrogen and oxygen atoms in total. The van der Waals surface area contributed by atoms with Gasteiger partial charge in [0.2, 0.25) is 5.88 Å². The van der Waals surface area contributed by atoms with Crippen molar-refractivity contribution in [2.24, 2.45) is 0 Å². The number of hydrogen-bond acceptors (Lipinski definition) is 7. The average Bonchev–Trinajstić information content (AvgIpc) is 3.23. The summed E-state index contributed by atoms with van der Waals surface area (Å²) in [7, 11) is 0. The molecule has 3 heterocycles. The normalized spacial score (nSPS) is 24.9. The lowest BCUT2D eigenvalue weighted by Crippen LogP contribution is -2.30. The van der Waals surface area contributed by atoms with Gasteiger partial charge in [0.15, 0.2) is 17.4 Å². The molecule has 1 saturated heterocycles. The standard InChI is InChI=1S/C18H18F2N4O4/c1-9-13(25)14(26)18(28-9)24-8-23-12-16(24)21-7-22-17(12)27-6-10-2-4-11(5-3-10)15(19)20/h2-5,7-9,13-15,18,25-26H,6H2,1H3/t9-,13-,14-,18?/m1/s1. The van der Waals surface area contributed by atoms with Crippen LogP contribution < -0.4 is 4.74 Å². The Hall–Kier alpha value is -2.69. The smallest absolute Gasteiger partial charge is 0.263 e. The van der Waals surface area contributed by atoms with Crippen molar-refractivity contribution < 1.29 is 28.5 Å². The van der Waals surface area contributed by atoms with Gasteiger partial charge in [0.25, 0.3) is 6.43 Å². The third kappa shape index (κ3) is 3.30. The Kier molecular flexibility index (Phi) is 4.92. The van der Waals surface area contributed by atoms with Crippen molar-refractivity contribution in [2.75, 3.05) is 0 Å². The van der Waals surface area contributed by atoms with Crippen LogP contribution in [0.15, 0.2) is 36.9 Å². The van der Waals surface area contributed by atoms with Gasteiger partial charge < -0.3 is 19.7 Å². The molecule has 2 N–H and O–H groups in total. The lowest BCUT2D eigenvalue weighted by molar-refractivity contribution is -0.0299. The highest BCUT2D eigenvalue weighted by molar-refractivity contribution is 5.76. The van der Waals surface area contributed by atoms with Gasteiger partial charge in [-0.05, 0) is 12.5 Å². The fourth-order valence-electron chi connectivity index (χ4n) is 3.09. The van der Waals surface area contributed by atoms with Crippen molar-refractivity contribution in [2.45, 2.75) is 44.5 Å². The Labute approximate surface area is 158 Å². The molecule has 148 valence electrons. The van der Waals surface area contributed by atoms with Gasteiger partial charge in [0.05, 0.1) is 12.4 Å². The summed E-state index contributed by atoms with van der Waals surface area (Å²) in [4.78, 5) is 12.5. The largest absolute Gasteiger partial charge is 0.471 e. The Morgan fingerprint density at radius 2 is 1.89 bits per heavy atom. The van der Waals surface area contributed by atoms with E-state index in [9.17, 15) is 19.0 Å². The number of hydrogen-bond donors (Lipinski definition) is 2. The molecule has 0 radical (unpaired) electrons. The summed E-state index contributed by atoms with van der Waals surface area (Å²) in [6.45, 7) is 1.77. The first-order valence-corrected chi connectivity index (χ1v) is 8.64. The fourth-order valence-corrected chi connectivity index (χ4v) is 3.09. The molecule has 0 spiro atoms. The van der Waals surface area contributed by atoms with Gasteiger partial charge in [-0.25, -0.2) is 18.7 Å². The lowest BCUT2D eigenvalue weighted by Gasteiger charge is -2.16. The number of aliphatic hydroxyl groups is 2. The summed E-state index contributed by atoms with van der Waals surface area (Å²) in [5, 5.41) is 20.1. The predicted molar refractivity (Wildman–Crippen MR) is 92.7 cm³/mol. The third-order valence-corrected chi connectivity index (χ3v) is 4.68. The van der Waals surface area contributed by atoms with E-state index >= 15 is 0 Å². The topological polar surface area (TPSA) is 103 Å². The monoisotopic (exact) mass is 392 g/mol. The van der Waals surface area contributed by atoms with Gasteiger partial charge in [0, 0.05) is 5.56 Å². The molecule has 0 aliphatic carbocycles. The van der Waals surface area contributed by atoms with E-state index in [-0.39, 0.29) is 18.1 Å². The van der Waals surface area contributed by atoms with Crippen LogP contribution in [0.25, 0.3) is 11.2 Å². The number of halogens is 2. The summed E-state index contributed by atoms with van der Waals surface area (Å²) >= 11 is 0. The minimum absolute atomic E-state index is 0.0570. The highest BCUT2D eigenvalue weighted by Crippen LogP contribution is 2.32. The quantitative estimate of drug-likeness (QED) is 0.684. The van der Waals surface area contributed by atoms with Crippen molar-refractivity contribution >= 4 is 11.2 Å². The molecule has 3 aromatic rings. The van der Waals surface area contributed by atoms with Gasteiger partial charge in [0.1, 0.15) is 25.1 Å². The molecule has 1 unspecified atom stereocenters. The average molecular weight is 392 g/mol. The molecule has 2 aromatic heterocycles. The minimum atomic E-state index is -2.52. The summed E-state index contributed by atoms with van der Waals surface area (Å²) < 4.78 is 38.1. The molecule has 4 rings (SSSR count). The van der Waals surface area contributed by atoms with Gasteiger partial charge in [-0.2, -0.15) is 4.98 Å². The number of fused-ring (bicyclic) bond motifs is 1. The molecule has 0 saturated carbocycles. The van der Waals surface area contributed by atoms with Crippen LogP contribution in [0.4, 0.5) is 8.78 Å². The summed E-state index contributed by atoms with van der Waals surface area (Å²) in [5.41, 5.74) is 1.38. The molecular weight excluding hydrogens is 374 g/mol. The first kappa shape index (κ1) is 18.7. The number of aromatic nitrogens is 4. The maximum Gasteiger partial charge on any atom is 0.263 e. The second kappa shape index (κ2) is 7.38. The summed E-state index contributed by atoms with van der Waals surface area (Å²) in [6.07, 6.45) is -3.31. The predicted octanol–water partition coefficient (Wildman–Crippen LogP) is 1.98. The van der Waals surface area contributed by atoms with E-state index in [2.05, 4.69) is 15.0 Å². The van der Waals surface area contributed by atoms with Crippen LogP contribution in [-0.2, 0) is 11.3 Å². The van der Waals surface area contributed by atoms with Crippen molar-refractivity contribution in [1.82, 2.24) is 19.5 Å². The van der Waals surface area contributed by atoms with E-state index < -0.39 is 31.0 Å². The number of imidazole rings is 1. The summed E-state index contributed by atoms with van der Waals surface area (Å²) in [5.74, 6) is 0.211. The fraction of sp³-hybridized carbons (Fsp3) is 0.389. The second-order valence-corrected chi connectivity index (χ2v) is 6.55. The van der Waals surface area contributed by atoms with Crippen LogP contribution in [0.3, 0.4) is 0 Å². The summed E-state index contributed by atoms with van der Waals surface area (Å²) in [6, 6.07) is 5.81. The molecule has 0 amide bonds. The van der Waals surface area contributed by atoms with Crippen LogP contribution in [0.1, 0.15) is 30.7 Å². The van der Waals surface area contributed by atoms with E-state index in [1.165, 1.54) is 29.4 Å². The molecule has 1 aliphatic rings. The van der Waals surface area contributed by atoms with Crippen LogP contribution in [0, 0.1) is 0 Å². The maximum absolute atomic E-state index is 12.6. The van der Waals surface area contributed by atoms with E-state index in [1.54, 1.807) is 19.1 Å². The Balaban J connectivity index is 1.55. The second-order valence-electron chi connectivity index (χ2n) is 6.55. The van der Waals surface area contributed by atoms with Crippen molar-refractivity contribution in [1.29, 1.82) is 0 Å². The van der Waals surface area contributed by atoms with Crippen molar-refractivity contribution in [3.05, 3.63) is 48.0 Å². The van der Waals surface area contributed by atoms with Crippen LogP contribution >= 0.6 is 0 Å². The number of alkyl halides is 2. The molecule has 4 atom stereocenters. The Morgan fingerprint density at radius 3 is 2.54 bits per heavy atom. The van der Waals surface area contributed by atoms with E-state index in [4.69, 9.17) is 9.47 Å². The highest BCUT2D eigenvalue weighted by Gasteiger charge is 2.42. The minimum Gasteiger partial charge on any atom is -0.471 e. The number of benzene rings is 1. The Morgan fingerprint density at radius 1 is 1.14 bits per heavy atom. The lowest BCUT2D eigenvalue weighted by atomic mass is 10.1. The molecular formula is C18H18F2N4O4. The highest BCUT2D eigenvalue weighted by atomic mass is 19.3. The Bertz CT molecular complexity index is 966. The molecule has 10 heteroatoms. The van der Waals surface area contributed by atoms with Crippen LogP contribution in [0.5, 0.6) is 5.88 Å². The SMILES string of the molecule is C[C@H]1OC(n2cnc3c(OCc4ccc(C(F)F)cc4)ncnc32)[C@H](O)[C@@H]1O. The van der Waals surface area contributed by atoms with E-state index in [0.29, 0.717) is 16.7 Å². The van der Waals surface area contributed by atoms with Crippen LogP contribution in [-0.4, -0.2) is 48.0 Å². The number of nitrogens with zero attached hydrogens (tertiary/aromatic N) is 4. The van der Waals surface area contributed by atoms with Gasteiger partial charge in [-0.15, -0.1) is 0 Å². The molecule has 0 bridgehead atoms.